The second-order valence-corrected chi connectivity index (χ2v) is 10.3. The molecule has 156 valence electrons. The van der Waals surface area contributed by atoms with Crippen molar-refractivity contribution in [3.8, 4) is 5.75 Å². The first-order valence-electron chi connectivity index (χ1n) is 10.8. The molecule has 0 amide bonds. The summed E-state index contributed by atoms with van der Waals surface area (Å²) in [5.74, 6) is 1.29. The van der Waals surface area contributed by atoms with Crippen molar-refractivity contribution in [1.82, 2.24) is 13.9 Å². The Kier molecular flexibility index (Phi) is 6.55. The van der Waals surface area contributed by atoms with E-state index in [0.717, 1.165) is 44.4 Å². The van der Waals surface area contributed by atoms with Gasteiger partial charge in [-0.05, 0) is 75.2 Å². The average molecular weight is 408 g/mol. The average Bonchev–Trinajstić information content (AvgIpc) is 3.18. The molecule has 4 rings (SSSR count). The summed E-state index contributed by atoms with van der Waals surface area (Å²) in [5, 5.41) is 0. The lowest BCUT2D eigenvalue weighted by atomic mass is 9.82. The number of nitrogens with one attached hydrogen (secondary N) is 1. The van der Waals surface area contributed by atoms with Gasteiger partial charge in [0.05, 0.1) is 6.10 Å². The lowest BCUT2D eigenvalue weighted by Crippen LogP contribution is -2.47. The van der Waals surface area contributed by atoms with E-state index in [4.69, 9.17) is 4.74 Å². The van der Waals surface area contributed by atoms with Crippen LogP contribution in [0.3, 0.4) is 0 Å². The molecular formula is C21H33N3O3S. The fourth-order valence-corrected chi connectivity index (χ4v) is 5.79. The van der Waals surface area contributed by atoms with E-state index in [1.807, 2.05) is 0 Å². The number of piperidine rings is 1. The van der Waals surface area contributed by atoms with E-state index in [1.165, 1.54) is 31.5 Å². The molecule has 28 heavy (non-hydrogen) atoms. The highest BCUT2D eigenvalue weighted by atomic mass is 32.2. The van der Waals surface area contributed by atoms with Gasteiger partial charge in [-0.2, -0.15) is 12.7 Å². The molecule has 0 spiro atoms. The van der Waals surface area contributed by atoms with E-state index < -0.39 is 10.2 Å². The van der Waals surface area contributed by atoms with Crippen LogP contribution < -0.4 is 9.46 Å². The highest BCUT2D eigenvalue weighted by molar-refractivity contribution is 7.87. The Balaban J connectivity index is 1.16. The first-order chi connectivity index (χ1) is 13.6. The fourth-order valence-electron chi connectivity index (χ4n) is 4.42. The van der Waals surface area contributed by atoms with Crippen molar-refractivity contribution < 1.29 is 13.2 Å². The lowest BCUT2D eigenvalue weighted by molar-refractivity contribution is 0.0670. The van der Waals surface area contributed by atoms with E-state index in [1.54, 1.807) is 4.31 Å². The van der Waals surface area contributed by atoms with E-state index in [9.17, 15) is 8.42 Å². The fraction of sp³-hybridized carbons (Fsp3) is 0.714. The van der Waals surface area contributed by atoms with Gasteiger partial charge in [-0.15, -0.1) is 0 Å². The first-order valence-corrected chi connectivity index (χ1v) is 12.3. The molecule has 0 bridgehead atoms. The molecule has 1 saturated carbocycles. The highest BCUT2D eigenvalue weighted by Crippen LogP contribution is 2.31. The molecule has 2 aliphatic heterocycles. The van der Waals surface area contributed by atoms with Crippen LogP contribution >= 0.6 is 0 Å². The molecule has 0 aromatic heterocycles. The van der Waals surface area contributed by atoms with Crippen molar-refractivity contribution in [1.29, 1.82) is 0 Å². The van der Waals surface area contributed by atoms with Gasteiger partial charge in [0.25, 0.3) is 10.2 Å². The normalized spacial score (nSPS) is 26.9. The molecule has 7 heteroatoms. The summed E-state index contributed by atoms with van der Waals surface area (Å²) in [7, 11) is -3.31. The number of rotatable bonds is 8. The molecule has 0 unspecified atom stereocenters. The van der Waals surface area contributed by atoms with Gasteiger partial charge < -0.3 is 4.74 Å². The van der Waals surface area contributed by atoms with Crippen LogP contribution in [-0.2, 0) is 16.8 Å². The quantitative estimate of drug-likeness (QED) is 0.720. The SMILES string of the molecule is O=S(=O)(NCC1CC(Oc2ccc(CN3CCCC3)cc2)C1)N1CCCCC1. The van der Waals surface area contributed by atoms with Crippen LogP contribution in [0.25, 0.3) is 0 Å². The Morgan fingerprint density at radius 2 is 1.57 bits per heavy atom. The number of hydrogen-bond acceptors (Lipinski definition) is 4. The smallest absolute Gasteiger partial charge is 0.279 e. The van der Waals surface area contributed by atoms with Crippen molar-refractivity contribution in [2.45, 2.75) is 57.6 Å². The molecule has 0 atom stereocenters. The van der Waals surface area contributed by atoms with Gasteiger partial charge in [-0.25, -0.2) is 4.72 Å². The summed E-state index contributed by atoms with van der Waals surface area (Å²) in [6, 6.07) is 8.46. The van der Waals surface area contributed by atoms with E-state index in [2.05, 4.69) is 33.9 Å². The van der Waals surface area contributed by atoms with Gasteiger partial charge >= 0.3 is 0 Å². The van der Waals surface area contributed by atoms with Crippen molar-refractivity contribution >= 4 is 10.2 Å². The van der Waals surface area contributed by atoms with Gasteiger partial charge in [0.15, 0.2) is 0 Å². The number of likely N-dealkylation sites (tertiary alicyclic amines) is 1. The summed E-state index contributed by atoms with van der Waals surface area (Å²) in [6.45, 7) is 5.28. The summed E-state index contributed by atoms with van der Waals surface area (Å²) in [5.41, 5.74) is 1.34. The third kappa shape index (κ3) is 5.26. The van der Waals surface area contributed by atoms with Crippen molar-refractivity contribution in [2.24, 2.45) is 5.92 Å². The number of ether oxygens (including phenoxy) is 1. The topological polar surface area (TPSA) is 61.9 Å². The third-order valence-corrected chi connectivity index (χ3v) is 7.81. The first kappa shape index (κ1) is 20.1. The zero-order valence-corrected chi connectivity index (χ0v) is 17.5. The maximum atomic E-state index is 12.3. The maximum absolute atomic E-state index is 12.3. The van der Waals surface area contributed by atoms with Gasteiger partial charge in [0.2, 0.25) is 0 Å². The number of hydrogen-bond donors (Lipinski definition) is 1. The van der Waals surface area contributed by atoms with E-state index in [0.29, 0.717) is 25.6 Å². The van der Waals surface area contributed by atoms with Crippen LogP contribution in [0.1, 0.15) is 50.5 Å². The Bertz CT molecular complexity index is 720. The minimum absolute atomic E-state index is 0.203. The van der Waals surface area contributed by atoms with Gasteiger partial charge in [0, 0.05) is 26.2 Å². The predicted octanol–water partition coefficient (Wildman–Crippen LogP) is 2.76. The third-order valence-electron chi connectivity index (χ3n) is 6.23. The van der Waals surface area contributed by atoms with Crippen LogP contribution in [0.4, 0.5) is 0 Å². The minimum atomic E-state index is -3.31. The maximum Gasteiger partial charge on any atom is 0.279 e. The molecule has 1 aromatic carbocycles. The molecule has 1 N–H and O–H groups in total. The second-order valence-electron chi connectivity index (χ2n) is 8.52. The Morgan fingerprint density at radius 3 is 2.25 bits per heavy atom. The number of benzene rings is 1. The van der Waals surface area contributed by atoms with Crippen molar-refractivity contribution in [3.63, 3.8) is 0 Å². The van der Waals surface area contributed by atoms with Gasteiger partial charge in [0.1, 0.15) is 5.75 Å². The Hall–Kier alpha value is -1.15. The summed E-state index contributed by atoms with van der Waals surface area (Å²) in [4.78, 5) is 2.50. The van der Waals surface area contributed by atoms with Crippen LogP contribution in [0.15, 0.2) is 24.3 Å². The number of nitrogens with zero attached hydrogens (tertiary/aromatic N) is 2. The Morgan fingerprint density at radius 1 is 0.929 bits per heavy atom. The largest absolute Gasteiger partial charge is 0.490 e. The van der Waals surface area contributed by atoms with Crippen LogP contribution in [0.2, 0.25) is 0 Å². The summed E-state index contributed by atoms with van der Waals surface area (Å²) in [6.07, 6.45) is 7.74. The minimum Gasteiger partial charge on any atom is -0.490 e. The predicted molar refractivity (Wildman–Crippen MR) is 110 cm³/mol. The second kappa shape index (κ2) is 9.11. The van der Waals surface area contributed by atoms with Crippen molar-refractivity contribution in [3.05, 3.63) is 29.8 Å². The van der Waals surface area contributed by atoms with Crippen LogP contribution in [0, 0.1) is 5.92 Å². The van der Waals surface area contributed by atoms with Gasteiger partial charge in [-0.3, -0.25) is 4.90 Å². The standard InChI is InChI=1S/C21H33N3O3S/c25-28(26,24-12-2-1-3-13-24)22-16-19-14-21(15-19)27-20-8-6-18(7-9-20)17-23-10-4-5-11-23/h6-9,19,21-22H,1-5,10-17H2. The zero-order valence-electron chi connectivity index (χ0n) is 16.7. The lowest BCUT2D eigenvalue weighted by Gasteiger charge is -2.36. The molecule has 2 saturated heterocycles. The van der Waals surface area contributed by atoms with Crippen molar-refractivity contribution in [2.75, 3.05) is 32.7 Å². The van der Waals surface area contributed by atoms with Crippen LogP contribution in [-0.4, -0.2) is 56.5 Å². The highest BCUT2D eigenvalue weighted by Gasteiger charge is 2.33. The molecular weight excluding hydrogens is 374 g/mol. The molecule has 0 radical (unpaired) electrons. The molecule has 6 nitrogen and oxygen atoms in total. The van der Waals surface area contributed by atoms with Crippen LogP contribution in [0.5, 0.6) is 5.75 Å². The Labute approximate surface area is 169 Å². The molecule has 3 aliphatic rings. The molecule has 1 aromatic rings. The molecule has 3 fully saturated rings. The zero-order chi connectivity index (χ0) is 19.4. The molecule has 2 heterocycles. The van der Waals surface area contributed by atoms with E-state index in [-0.39, 0.29) is 6.10 Å². The monoisotopic (exact) mass is 407 g/mol. The van der Waals surface area contributed by atoms with E-state index >= 15 is 0 Å². The van der Waals surface area contributed by atoms with Gasteiger partial charge in [-0.1, -0.05) is 18.6 Å². The molecule has 1 aliphatic carbocycles. The summed E-state index contributed by atoms with van der Waals surface area (Å²) >= 11 is 0. The summed E-state index contributed by atoms with van der Waals surface area (Å²) < 4.78 is 35.1.